The number of hydrogen-bond acceptors (Lipinski definition) is 4. The third-order valence-electron chi connectivity index (χ3n) is 5.78. The second kappa shape index (κ2) is 8.23. The van der Waals surface area contributed by atoms with Crippen LogP contribution in [0.5, 0.6) is 0 Å². The lowest BCUT2D eigenvalue weighted by molar-refractivity contribution is -0.141. The van der Waals surface area contributed by atoms with E-state index in [1.54, 1.807) is 12.1 Å². The number of amides is 1. The van der Waals surface area contributed by atoms with Crippen LogP contribution in [-0.2, 0) is 29.0 Å². The zero-order valence-corrected chi connectivity index (χ0v) is 17.5. The van der Waals surface area contributed by atoms with E-state index in [1.807, 2.05) is 6.07 Å². The molecule has 1 aromatic carbocycles. The first kappa shape index (κ1) is 21.8. The van der Waals surface area contributed by atoms with Gasteiger partial charge in [-0.3, -0.25) is 9.78 Å². The van der Waals surface area contributed by atoms with Crippen LogP contribution in [0, 0.1) is 0 Å². The number of alkyl halides is 3. The second-order valence-corrected chi connectivity index (χ2v) is 9.70. The maximum Gasteiger partial charge on any atom is 0.433 e. The maximum atomic E-state index is 13.1. The van der Waals surface area contributed by atoms with Crippen LogP contribution in [0.1, 0.15) is 40.0 Å². The fraction of sp³-hybridized carbons (Fsp3) is 0.429. The average Bonchev–Trinajstić information content (AvgIpc) is 2.78. The number of aromatic nitrogens is 1. The molecule has 31 heavy (non-hydrogen) atoms. The molecule has 0 saturated carbocycles. The molecule has 2 aliphatic rings. The third kappa shape index (κ3) is 4.45. The fourth-order valence-corrected chi connectivity index (χ4v) is 5.49. The summed E-state index contributed by atoms with van der Waals surface area (Å²) in [5.41, 5.74) is 1.26. The lowest BCUT2D eigenvalue weighted by atomic mass is 9.92. The number of carbonyl (C=O) groups is 1. The molecule has 1 aliphatic heterocycles. The van der Waals surface area contributed by atoms with E-state index in [0.29, 0.717) is 0 Å². The van der Waals surface area contributed by atoms with Gasteiger partial charge in [-0.2, -0.15) is 17.5 Å². The molecule has 2 heterocycles. The lowest BCUT2D eigenvalue weighted by Gasteiger charge is -2.34. The molecule has 0 radical (unpaired) electrons. The van der Waals surface area contributed by atoms with Crippen LogP contribution < -0.4 is 0 Å². The number of halogens is 3. The lowest BCUT2D eigenvalue weighted by Crippen LogP contribution is -2.50. The van der Waals surface area contributed by atoms with Gasteiger partial charge in [-0.05, 0) is 61.1 Å². The molecule has 10 heteroatoms. The van der Waals surface area contributed by atoms with E-state index >= 15 is 0 Å². The fourth-order valence-electron chi connectivity index (χ4n) is 4.02. The smallest absolute Gasteiger partial charge is 0.336 e. The molecule has 0 atom stereocenters. The molecular formula is C21H22F3N3O3S. The van der Waals surface area contributed by atoms with Gasteiger partial charge in [-0.25, -0.2) is 8.42 Å². The van der Waals surface area contributed by atoms with E-state index in [1.165, 1.54) is 14.8 Å². The number of carbonyl (C=O) groups excluding carboxylic acids is 1. The van der Waals surface area contributed by atoms with E-state index in [-0.39, 0.29) is 36.6 Å². The topological polar surface area (TPSA) is 70.6 Å². The van der Waals surface area contributed by atoms with Crippen molar-refractivity contribution in [3.05, 3.63) is 58.9 Å². The Bertz CT molecular complexity index is 1080. The van der Waals surface area contributed by atoms with E-state index in [0.717, 1.165) is 49.6 Å². The number of aryl methyl sites for hydroxylation is 2. The Morgan fingerprint density at radius 3 is 2.23 bits per heavy atom. The Balaban J connectivity index is 1.42. The van der Waals surface area contributed by atoms with Gasteiger partial charge < -0.3 is 4.90 Å². The zero-order valence-electron chi connectivity index (χ0n) is 16.7. The summed E-state index contributed by atoms with van der Waals surface area (Å²) in [6, 6.07) is 7.15. The zero-order chi connectivity index (χ0) is 22.2. The Morgan fingerprint density at radius 1 is 0.935 bits per heavy atom. The molecule has 1 amide bonds. The third-order valence-corrected chi connectivity index (χ3v) is 7.68. The standard InChI is InChI=1S/C21H22F3N3O3S/c22-21(23,24)19-8-6-17(14-25-19)20(28)26-9-11-27(12-10-26)31(29,30)18-7-5-15-3-1-2-4-16(15)13-18/h5-8,13-14H,1-4,9-12H2. The molecule has 1 aliphatic carbocycles. The second-order valence-electron chi connectivity index (χ2n) is 7.76. The van der Waals surface area contributed by atoms with Crippen molar-refractivity contribution in [2.75, 3.05) is 26.2 Å². The van der Waals surface area contributed by atoms with Gasteiger partial charge in [0, 0.05) is 32.4 Å². The predicted octanol–water partition coefficient (Wildman–Crippen LogP) is 3.13. The van der Waals surface area contributed by atoms with Crippen LogP contribution >= 0.6 is 0 Å². The molecule has 0 spiro atoms. The molecule has 6 nitrogen and oxygen atoms in total. The van der Waals surface area contributed by atoms with Crippen molar-refractivity contribution in [3.63, 3.8) is 0 Å². The Morgan fingerprint density at radius 2 is 1.61 bits per heavy atom. The minimum Gasteiger partial charge on any atom is -0.336 e. The van der Waals surface area contributed by atoms with Gasteiger partial charge in [0.05, 0.1) is 10.5 Å². The van der Waals surface area contributed by atoms with Crippen LogP contribution in [0.4, 0.5) is 13.2 Å². The van der Waals surface area contributed by atoms with Crippen LogP contribution in [-0.4, -0.2) is 54.7 Å². The largest absolute Gasteiger partial charge is 0.433 e. The van der Waals surface area contributed by atoms with Crippen LogP contribution in [0.3, 0.4) is 0 Å². The number of piperazine rings is 1. The first-order chi connectivity index (χ1) is 14.7. The number of benzene rings is 1. The van der Waals surface area contributed by atoms with Crippen molar-refractivity contribution < 1.29 is 26.4 Å². The summed E-state index contributed by atoms with van der Waals surface area (Å²) in [6.07, 6.45) is 0.344. The number of hydrogen-bond donors (Lipinski definition) is 0. The predicted molar refractivity (Wildman–Crippen MR) is 107 cm³/mol. The van der Waals surface area contributed by atoms with Crippen molar-refractivity contribution in [3.8, 4) is 0 Å². The molecular weight excluding hydrogens is 431 g/mol. The average molecular weight is 453 g/mol. The van der Waals surface area contributed by atoms with E-state index in [4.69, 9.17) is 0 Å². The molecule has 0 N–H and O–H groups in total. The summed E-state index contributed by atoms with van der Waals surface area (Å²) < 4.78 is 65.4. The van der Waals surface area contributed by atoms with Crippen LogP contribution in [0.2, 0.25) is 0 Å². The van der Waals surface area contributed by atoms with Gasteiger partial charge in [0.15, 0.2) is 0 Å². The molecule has 1 fully saturated rings. The van der Waals surface area contributed by atoms with Gasteiger partial charge in [0.2, 0.25) is 10.0 Å². The number of pyridine rings is 1. The van der Waals surface area contributed by atoms with Crippen molar-refractivity contribution in [2.24, 2.45) is 0 Å². The van der Waals surface area contributed by atoms with Crippen LogP contribution in [0.15, 0.2) is 41.4 Å². The molecule has 4 rings (SSSR count). The first-order valence-corrected chi connectivity index (χ1v) is 11.5. The number of sulfonamides is 1. The summed E-state index contributed by atoms with van der Waals surface area (Å²) in [4.78, 5) is 17.6. The summed E-state index contributed by atoms with van der Waals surface area (Å²) in [5, 5.41) is 0. The summed E-state index contributed by atoms with van der Waals surface area (Å²) >= 11 is 0. The van der Waals surface area contributed by atoms with Gasteiger partial charge in [-0.15, -0.1) is 0 Å². The number of nitrogens with zero attached hydrogens (tertiary/aromatic N) is 3. The Kier molecular flexibility index (Phi) is 5.78. The van der Waals surface area contributed by atoms with Crippen molar-refractivity contribution in [1.82, 2.24) is 14.2 Å². The molecule has 166 valence electrons. The van der Waals surface area contributed by atoms with E-state index in [9.17, 15) is 26.4 Å². The van der Waals surface area contributed by atoms with Crippen molar-refractivity contribution in [2.45, 2.75) is 36.8 Å². The quantitative estimate of drug-likeness (QED) is 0.716. The minimum absolute atomic E-state index is 0.0407. The highest BCUT2D eigenvalue weighted by molar-refractivity contribution is 7.89. The highest BCUT2D eigenvalue weighted by Gasteiger charge is 2.34. The Hall–Kier alpha value is -2.46. The number of fused-ring (bicyclic) bond motifs is 1. The maximum absolute atomic E-state index is 13.1. The number of rotatable bonds is 3. The summed E-state index contributed by atoms with van der Waals surface area (Å²) in [6.45, 7) is 0.562. The molecule has 0 unspecified atom stereocenters. The van der Waals surface area contributed by atoms with Crippen molar-refractivity contribution >= 4 is 15.9 Å². The molecule has 1 aromatic heterocycles. The molecule has 0 bridgehead atoms. The SMILES string of the molecule is O=C(c1ccc(C(F)(F)F)nc1)N1CCN(S(=O)(=O)c2ccc3c(c2)CCCC3)CC1. The normalized spacial score (nSPS) is 18.0. The van der Waals surface area contributed by atoms with Gasteiger partial charge >= 0.3 is 6.18 Å². The van der Waals surface area contributed by atoms with Gasteiger partial charge in [0.25, 0.3) is 5.91 Å². The summed E-state index contributed by atoms with van der Waals surface area (Å²) in [5.74, 6) is -0.466. The Labute approximate surface area is 178 Å². The van der Waals surface area contributed by atoms with Gasteiger partial charge in [0.1, 0.15) is 5.69 Å². The highest BCUT2D eigenvalue weighted by Crippen LogP contribution is 2.28. The minimum atomic E-state index is -4.57. The monoisotopic (exact) mass is 453 g/mol. The van der Waals surface area contributed by atoms with E-state index < -0.39 is 27.8 Å². The molecule has 1 saturated heterocycles. The first-order valence-electron chi connectivity index (χ1n) is 10.1. The molecule has 2 aromatic rings. The summed E-state index contributed by atoms with van der Waals surface area (Å²) in [7, 11) is -3.67. The van der Waals surface area contributed by atoms with Gasteiger partial charge in [-0.1, -0.05) is 6.07 Å². The highest BCUT2D eigenvalue weighted by atomic mass is 32.2. The van der Waals surface area contributed by atoms with Crippen LogP contribution in [0.25, 0.3) is 0 Å². The van der Waals surface area contributed by atoms with Crippen molar-refractivity contribution in [1.29, 1.82) is 0 Å². The van der Waals surface area contributed by atoms with E-state index in [2.05, 4.69) is 4.98 Å².